The molecule has 15 nitrogen and oxygen atoms in total. The van der Waals surface area contributed by atoms with E-state index < -0.39 is 77.2 Å². The highest BCUT2D eigenvalue weighted by Gasteiger charge is 2.55. The largest absolute Gasteiger partial charge is 0.438 e. The van der Waals surface area contributed by atoms with Crippen molar-refractivity contribution in [2.75, 3.05) is 25.6 Å². The maximum atomic E-state index is 12.9. The fourth-order valence-corrected chi connectivity index (χ4v) is 7.89. The van der Waals surface area contributed by atoms with Gasteiger partial charge in [0.2, 0.25) is 8.32 Å². The third-order valence-electron chi connectivity index (χ3n) is 9.32. The summed E-state index contributed by atoms with van der Waals surface area (Å²) in [5.74, 6) is 0. The number of carbonyl (C=O) groups excluding carboxylic acids is 1. The molecular formula is C32H49N4O11PSi. The summed E-state index contributed by atoms with van der Waals surface area (Å²) < 4.78 is 46.7. The molecule has 0 aliphatic carbocycles. The van der Waals surface area contributed by atoms with Crippen LogP contribution in [0.4, 0.5) is 10.5 Å². The van der Waals surface area contributed by atoms with E-state index in [1.807, 2.05) is 19.9 Å². The molecule has 1 aromatic carbocycles. The van der Waals surface area contributed by atoms with Crippen LogP contribution in [0.15, 0.2) is 46.1 Å². The van der Waals surface area contributed by atoms with Crippen LogP contribution in [-0.2, 0) is 37.5 Å². The van der Waals surface area contributed by atoms with Gasteiger partial charge in [0.1, 0.15) is 31.1 Å². The van der Waals surface area contributed by atoms with E-state index in [0.717, 1.165) is 0 Å². The van der Waals surface area contributed by atoms with E-state index in [1.54, 1.807) is 31.2 Å². The van der Waals surface area contributed by atoms with Crippen molar-refractivity contribution >= 4 is 28.6 Å². The Bertz CT molecular complexity index is 1550. The lowest BCUT2D eigenvalue weighted by Gasteiger charge is -2.42. The number of hydrogen-bond donors (Lipinski definition) is 2. The molecular weight excluding hydrogens is 675 g/mol. The minimum Gasteiger partial charge on any atom is -0.438 e. The first-order valence-electron chi connectivity index (χ1n) is 16.5. The molecule has 0 radical (unpaired) electrons. The summed E-state index contributed by atoms with van der Waals surface area (Å²) in [5.41, 5.74) is -0.100. The van der Waals surface area contributed by atoms with E-state index in [2.05, 4.69) is 48.8 Å². The Labute approximate surface area is 288 Å². The number of aromatic nitrogens is 2. The number of H-pyrrole nitrogens is 1. The molecule has 0 saturated carbocycles. The van der Waals surface area contributed by atoms with Gasteiger partial charge in [0, 0.05) is 43.6 Å². The number of rotatable bonds is 11. The molecule has 2 aromatic rings. The summed E-state index contributed by atoms with van der Waals surface area (Å²) in [4.78, 5) is 46.0. The van der Waals surface area contributed by atoms with Crippen LogP contribution >= 0.6 is 8.53 Å². The molecule has 17 heteroatoms. The molecule has 1 unspecified atom stereocenters. The molecule has 2 N–H and O–H groups in total. The van der Waals surface area contributed by atoms with Crippen LogP contribution in [0.1, 0.15) is 52.8 Å². The van der Waals surface area contributed by atoms with Crippen molar-refractivity contribution in [3.05, 3.63) is 62.9 Å². The molecule has 8 atom stereocenters. The van der Waals surface area contributed by atoms with Crippen LogP contribution in [0.25, 0.3) is 0 Å². The summed E-state index contributed by atoms with van der Waals surface area (Å²) in [6.07, 6.45) is -3.82. The lowest BCUT2D eigenvalue weighted by molar-refractivity contribution is -0.245. The molecule has 272 valence electrons. The Morgan fingerprint density at radius 1 is 1.16 bits per heavy atom. The highest BCUT2D eigenvalue weighted by Crippen LogP contribution is 2.55. The summed E-state index contributed by atoms with van der Waals surface area (Å²) in [6, 6.07) is 8.97. The first kappa shape index (κ1) is 37.7. The van der Waals surface area contributed by atoms with Crippen LogP contribution in [0, 0.1) is 6.92 Å². The van der Waals surface area contributed by atoms with Gasteiger partial charge >= 0.3 is 11.8 Å². The lowest BCUT2D eigenvalue weighted by atomic mass is 10.1. The van der Waals surface area contributed by atoms with Crippen molar-refractivity contribution in [3.8, 4) is 0 Å². The van der Waals surface area contributed by atoms with Gasteiger partial charge in [-0.15, -0.1) is 0 Å². The zero-order valence-corrected chi connectivity index (χ0v) is 31.4. The smallest absolute Gasteiger partial charge is 0.412 e. The maximum Gasteiger partial charge on any atom is 0.412 e. The number of nitrogens with one attached hydrogen (secondary N) is 2. The van der Waals surface area contributed by atoms with E-state index in [-0.39, 0.29) is 24.1 Å². The summed E-state index contributed by atoms with van der Waals surface area (Å²) >= 11 is 0. The van der Waals surface area contributed by atoms with E-state index in [1.165, 1.54) is 17.9 Å². The molecule has 3 aliphatic heterocycles. The van der Waals surface area contributed by atoms with Crippen molar-refractivity contribution in [2.24, 2.45) is 0 Å². The average Bonchev–Trinajstić information content (AvgIpc) is 3.58. The standard InChI is InChI=1S/C32H49N4O11PSi/c1-19(2)36-17-23-26(27(29(40-7)43-23)44-31(39)33-21-13-11-10-12-14-21)46-48(36)45-22-15-25(35-16-20(3)28(37)34-30(35)38)42-24(22)18-41-47-49(8,9)32(4,5)6/h10-14,16,19,22-27,29H,15,17-18H2,1-9H3,(H,33,39)(H,34,37,38)/t22-,23+,24+,25+,26-,27+,29-,48?/m0/s1. The van der Waals surface area contributed by atoms with E-state index in [0.29, 0.717) is 17.8 Å². The molecule has 3 saturated heterocycles. The van der Waals surface area contributed by atoms with E-state index in [9.17, 15) is 14.4 Å². The number of para-hydroxylation sites is 1. The Morgan fingerprint density at radius 3 is 2.53 bits per heavy atom. The molecule has 1 aromatic heterocycles. The maximum absolute atomic E-state index is 12.9. The Hall–Kier alpha value is -2.50. The highest BCUT2D eigenvalue weighted by atomic mass is 31.2. The topological polar surface area (TPSA) is 161 Å². The Kier molecular flexibility index (Phi) is 11.9. The van der Waals surface area contributed by atoms with Crippen LogP contribution in [0.3, 0.4) is 0 Å². The molecule has 4 heterocycles. The van der Waals surface area contributed by atoms with Gasteiger partial charge in [-0.3, -0.25) is 24.2 Å². The van der Waals surface area contributed by atoms with Crippen LogP contribution in [-0.4, -0.2) is 91.7 Å². The van der Waals surface area contributed by atoms with Crippen molar-refractivity contribution < 1.29 is 42.3 Å². The third-order valence-corrected chi connectivity index (χ3v) is 15.4. The van der Waals surface area contributed by atoms with Crippen LogP contribution in [0.5, 0.6) is 0 Å². The fourth-order valence-electron chi connectivity index (χ4n) is 5.39. The van der Waals surface area contributed by atoms with Crippen LogP contribution < -0.4 is 16.6 Å². The summed E-state index contributed by atoms with van der Waals surface area (Å²) in [5, 5.41) is 2.64. The number of fused-ring (bicyclic) bond motifs is 1. The quantitative estimate of drug-likeness (QED) is 0.141. The van der Waals surface area contributed by atoms with Gasteiger partial charge in [-0.05, 0) is 51.0 Å². The second kappa shape index (κ2) is 15.4. The minimum atomic E-state index is -2.26. The van der Waals surface area contributed by atoms with Gasteiger partial charge in [-0.25, -0.2) is 19.1 Å². The zero-order chi connectivity index (χ0) is 35.7. The van der Waals surface area contributed by atoms with Gasteiger partial charge < -0.3 is 28.0 Å². The van der Waals surface area contributed by atoms with Gasteiger partial charge in [0.25, 0.3) is 14.1 Å². The number of aromatic amines is 1. The number of methoxy groups -OCH3 is 1. The Balaban J connectivity index is 1.36. The van der Waals surface area contributed by atoms with E-state index >= 15 is 0 Å². The number of hydrogen-bond acceptors (Lipinski definition) is 12. The number of anilines is 1. The zero-order valence-electron chi connectivity index (χ0n) is 29.5. The molecule has 0 bridgehead atoms. The van der Waals surface area contributed by atoms with Crippen molar-refractivity contribution in [3.63, 3.8) is 0 Å². The van der Waals surface area contributed by atoms with Crippen molar-refractivity contribution in [2.45, 2.75) is 115 Å². The first-order chi connectivity index (χ1) is 23.1. The molecule has 0 spiro atoms. The number of aryl methyl sites for hydroxylation is 1. The second-order valence-electron chi connectivity index (χ2n) is 14.3. The number of benzene rings is 1. The number of amides is 1. The molecule has 49 heavy (non-hydrogen) atoms. The summed E-state index contributed by atoms with van der Waals surface area (Å²) in [6.45, 7) is 16.6. The SMILES string of the molecule is CO[C@H]1O[C@@H]2CN(C(C)C)P(O[C@H]3C[C@H](n4cc(C)c(=O)[nH]c4=O)O[C@@H]3COO[Si](C)(C)C(C)(C)C)O[C@@H]2[C@H]1OC(=O)Nc1ccccc1. The Morgan fingerprint density at radius 2 is 1.88 bits per heavy atom. The van der Waals surface area contributed by atoms with Gasteiger partial charge in [-0.2, -0.15) is 0 Å². The van der Waals surface area contributed by atoms with Gasteiger partial charge in [0.05, 0.1) is 6.10 Å². The molecule has 3 fully saturated rings. The number of carbonyl (C=O) groups is 1. The van der Waals surface area contributed by atoms with Crippen molar-refractivity contribution in [1.82, 2.24) is 14.2 Å². The second-order valence-corrected chi connectivity index (χ2v) is 20.4. The first-order valence-corrected chi connectivity index (χ1v) is 20.5. The highest BCUT2D eigenvalue weighted by molar-refractivity contribution is 7.44. The number of nitrogens with zero attached hydrogens (tertiary/aromatic N) is 2. The van der Waals surface area contributed by atoms with Gasteiger partial charge in [-0.1, -0.05) is 39.0 Å². The molecule has 1 amide bonds. The summed E-state index contributed by atoms with van der Waals surface area (Å²) in [7, 11) is -2.53. The normalized spacial score (nSPS) is 29.3. The predicted molar refractivity (Wildman–Crippen MR) is 183 cm³/mol. The average molecular weight is 725 g/mol. The molecule has 3 aliphatic rings. The van der Waals surface area contributed by atoms with Crippen molar-refractivity contribution in [1.29, 1.82) is 0 Å². The monoisotopic (exact) mass is 724 g/mol. The van der Waals surface area contributed by atoms with Crippen LogP contribution in [0.2, 0.25) is 18.1 Å². The van der Waals surface area contributed by atoms with Gasteiger partial charge in [0.15, 0.2) is 12.4 Å². The minimum absolute atomic E-state index is 0.00259. The fraction of sp³-hybridized carbons (Fsp3) is 0.656. The lowest BCUT2D eigenvalue weighted by Crippen LogP contribution is -2.49. The predicted octanol–water partition coefficient (Wildman–Crippen LogP) is 4.80. The van der Waals surface area contributed by atoms with E-state index in [4.69, 9.17) is 37.5 Å². The third kappa shape index (κ3) is 8.70. The number of ether oxygens (including phenoxy) is 4. The molecule has 5 rings (SSSR count).